The lowest BCUT2D eigenvalue weighted by atomic mass is 9.88. The maximum absolute atomic E-state index is 13.9. The number of carbonyl (C=O) groups excluding carboxylic acids is 1. The summed E-state index contributed by atoms with van der Waals surface area (Å²) >= 11 is 0. The van der Waals surface area contributed by atoms with Crippen LogP contribution in [0.25, 0.3) is 0 Å². The summed E-state index contributed by atoms with van der Waals surface area (Å²) < 4.78 is 19.5. The van der Waals surface area contributed by atoms with Crippen molar-refractivity contribution in [1.29, 1.82) is 0 Å². The molecule has 1 unspecified atom stereocenters. The van der Waals surface area contributed by atoms with Gasteiger partial charge in [-0.15, -0.1) is 0 Å². The van der Waals surface area contributed by atoms with Crippen LogP contribution in [0.4, 0.5) is 4.39 Å². The van der Waals surface area contributed by atoms with Crippen molar-refractivity contribution in [3.05, 3.63) is 58.9 Å². The summed E-state index contributed by atoms with van der Waals surface area (Å²) in [4.78, 5) is 11.3. The highest BCUT2D eigenvalue weighted by Gasteiger charge is 2.29. The Kier molecular flexibility index (Phi) is 2.40. The van der Waals surface area contributed by atoms with Crippen LogP contribution in [-0.2, 0) is 4.79 Å². The standard InChI is InChI=1S/C15H11FO2/c1-9-6-11-12(8-17)10-4-2-3-5-14(10)18-15(11)13(16)7-9/h2-8,12H,1H3. The number of rotatable bonds is 1. The summed E-state index contributed by atoms with van der Waals surface area (Å²) in [6.07, 6.45) is 0.832. The van der Waals surface area contributed by atoms with E-state index in [1.165, 1.54) is 6.07 Å². The third-order valence-electron chi connectivity index (χ3n) is 3.15. The molecule has 1 aliphatic heterocycles. The van der Waals surface area contributed by atoms with Crippen LogP contribution in [0.3, 0.4) is 0 Å². The summed E-state index contributed by atoms with van der Waals surface area (Å²) in [7, 11) is 0. The van der Waals surface area contributed by atoms with Gasteiger partial charge in [0.15, 0.2) is 11.6 Å². The van der Waals surface area contributed by atoms with E-state index >= 15 is 0 Å². The van der Waals surface area contributed by atoms with E-state index < -0.39 is 11.7 Å². The monoisotopic (exact) mass is 242 g/mol. The molecular formula is C15H11FO2. The molecule has 0 radical (unpaired) electrons. The van der Waals surface area contributed by atoms with Crippen LogP contribution < -0.4 is 4.74 Å². The smallest absolute Gasteiger partial charge is 0.167 e. The Morgan fingerprint density at radius 3 is 2.78 bits per heavy atom. The number of halogens is 1. The normalized spacial score (nSPS) is 16.4. The van der Waals surface area contributed by atoms with E-state index in [1.54, 1.807) is 25.1 Å². The SMILES string of the molecule is Cc1cc(F)c2c(c1)C(C=O)c1ccccc1O2. The second kappa shape index (κ2) is 3.95. The largest absolute Gasteiger partial charge is 0.454 e. The van der Waals surface area contributed by atoms with Gasteiger partial charge in [-0.25, -0.2) is 4.39 Å². The number of aldehydes is 1. The molecule has 2 aromatic rings. The molecule has 0 aliphatic carbocycles. The highest BCUT2D eigenvalue weighted by Crippen LogP contribution is 2.44. The van der Waals surface area contributed by atoms with E-state index in [1.807, 2.05) is 12.1 Å². The fourth-order valence-electron chi connectivity index (χ4n) is 2.35. The molecule has 3 heteroatoms. The van der Waals surface area contributed by atoms with E-state index in [0.29, 0.717) is 11.3 Å². The van der Waals surface area contributed by atoms with Crippen LogP contribution in [0, 0.1) is 12.7 Å². The lowest BCUT2D eigenvalue weighted by Crippen LogP contribution is -2.12. The number of ether oxygens (including phenoxy) is 1. The summed E-state index contributed by atoms with van der Waals surface area (Å²) in [5, 5.41) is 0. The summed E-state index contributed by atoms with van der Waals surface area (Å²) in [5.74, 6) is -0.174. The topological polar surface area (TPSA) is 26.3 Å². The maximum atomic E-state index is 13.9. The van der Waals surface area contributed by atoms with Crippen molar-refractivity contribution >= 4 is 6.29 Å². The van der Waals surface area contributed by atoms with Gasteiger partial charge in [-0.1, -0.05) is 24.3 Å². The number of aryl methyl sites for hydroxylation is 1. The van der Waals surface area contributed by atoms with Crippen LogP contribution in [0.5, 0.6) is 11.5 Å². The Morgan fingerprint density at radius 2 is 2.00 bits per heavy atom. The van der Waals surface area contributed by atoms with Crippen molar-refractivity contribution < 1.29 is 13.9 Å². The van der Waals surface area contributed by atoms with Gasteiger partial charge in [0.05, 0.1) is 5.92 Å². The highest BCUT2D eigenvalue weighted by molar-refractivity contribution is 5.74. The summed E-state index contributed by atoms with van der Waals surface area (Å²) in [6, 6.07) is 10.4. The molecule has 1 aliphatic rings. The first-order chi connectivity index (χ1) is 8.70. The Bertz CT molecular complexity index is 634. The Balaban J connectivity index is 2.27. The fraction of sp³-hybridized carbons (Fsp3) is 0.133. The second-order valence-corrected chi connectivity index (χ2v) is 4.42. The number of hydrogen-bond acceptors (Lipinski definition) is 2. The van der Waals surface area contributed by atoms with Gasteiger partial charge in [0.25, 0.3) is 0 Å². The number of para-hydroxylation sites is 1. The molecule has 0 saturated heterocycles. The number of fused-ring (bicyclic) bond motifs is 2. The Labute approximate surface area is 104 Å². The Hall–Kier alpha value is -2.16. The first kappa shape index (κ1) is 11.0. The molecule has 2 aromatic carbocycles. The van der Waals surface area contributed by atoms with E-state index in [0.717, 1.165) is 17.4 Å². The van der Waals surface area contributed by atoms with Crippen LogP contribution in [0.15, 0.2) is 36.4 Å². The molecule has 3 rings (SSSR count). The fourth-order valence-corrected chi connectivity index (χ4v) is 2.35. The van der Waals surface area contributed by atoms with Crippen LogP contribution >= 0.6 is 0 Å². The maximum Gasteiger partial charge on any atom is 0.167 e. The van der Waals surface area contributed by atoms with E-state index in [2.05, 4.69) is 0 Å². The average molecular weight is 242 g/mol. The zero-order chi connectivity index (χ0) is 12.7. The summed E-state index contributed by atoms with van der Waals surface area (Å²) in [5.41, 5.74) is 2.16. The quantitative estimate of drug-likeness (QED) is 0.714. The summed E-state index contributed by atoms with van der Waals surface area (Å²) in [6.45, 7) is 1.80. The van der Waals surface area contributed by atoms with Gasteiger partial charge < -0.3 is 9.53 Å². The van der Waals surface area contributed by atoms with Gasteiger partial charge in [-0.05, 0) is 24.6 Å². The molecule has 2 nitrogen and oxygen atoms in total. The molecule has 18 heavy (non-hydrogen) atoms. The van der Waals surface area contributed by atoms with Crippen molar-refractivity contribution in [2.24, 2.45) is 0 Å². The average Bonchev–Trinajstić information content (AvgIpc) is 2.36. The third-order valence-corrected chi connectivity index (χ3v) is 3.15. The first-order valence-corrected chi connectivity index (χ1v) is 5.73. The predicted molar refractivity (Wildman–Crippen MR) is 65.6 cm³/mol. The highest BCUT2D eigenvalue weighted by atomic mass is 19.1. The van der Waals surface area contributed by atoms with E-state index in [-0.39, 0.29) is 5.75 Å². The predicted octanol–water partition coefficient (Wildman–Crippen LogP) is 3.57. The molecule has 0 saturated carbocycles. The molecule has 0 aromatic heterocycles. The first-order valence-electron chi connectivity index (χ1n) is 5.73. The van der Waals surface area contributed by atoms with E-state index in [9.17, 15) is 9.18 Å². The zero-order valence-corrected chi connectivity index (χ0v) is 9.81. The lowest BCUT2D eigenvalue weighted by molar-refractivity contribution is -0.108. The van der Waals surface area contributed by atoms with Crippen LogP contribution in [-0.4, -0.2) is 6.29 Å². The number of benzene rings is 2. The van der Waals surface area contributed by atoms with Crippen LogP contribution in [0.1, 0.15) is 22.6 Å². The minimum atomic E-state index is -0.459. The van der Waals surface area contributed by atoms with Crippen molar-refractivity contribution in [3.63, 3.8) is 0 Å². The van der Waals surface area contributed by atoms with Crippen molar-refractivity contribution in [2.75, 3.05) is 0 Å². The second-order valence-electron chi connectivity index (χ2n) is 4.42. The third kappa shape index (κ3) is 1.51. The molecule has 0 amide bonds. The molecule has 1 atom stereocenters. The van der Waals surface area contributed by atoms with Gasteiger partial charge in [-0.3, -0.25) is 0 Å². The van der Waals surface area contributed by atoms with Crippen molar-refractivity contribution in [1.82, 2.24) is 0 Å². The number of carbonyl (C=O) groups is 1. The molecule has 0 bridgehead atoms. The van der Waals surface area contributed by atoms with E-state index in [4.69, 9.17) is 4.74 Å². The molecule has 1 heterocycles. The molecule has 90 valence electrons. The minimum Gasteiger partial charge on any atom is -0.454 e. The minimum absolute atomic E-state index is 0.163. The Morgan fingerprint density at radius 1 is 1.22 bits per heavy atom. The van der Waals surface area contributed by atoms with Crippen molar-refractivity contribution in [3.8, 4) is 11.5 Å². The molecular weight excluding hydrogens is 231 g/mol. The molecule has 0 N–H and O–H groups in total. The lowest BCUT2D eigenvalue weighted by Gasteiger charge is -2.25. The molecule has 0 fully saturated rings. The number of hydrogen-bond donors (Lipinski definition) is 0. The van der Waals surface area contributed by atoms with Gasteiger partial charge in [0.2, 0.25) is 0 Å². The molecule has 0 spiro atoms. The van der Waals surface area contributed by atoms with Gasteiger partial charge in [0.1, 0.15) is 12.0 Å². The van der Waals surface area contributed by atoms with Gasteiger partial charge >= 0.3 is 0 Å². The zero-order valence-electron chi connectivity index (χ0n) is 9.81. The van der Waals surface area contributed by atoms with Gasteiger partial charge in [-0.2, -0.15) is 0 Å². The van der Waals surface area contributed by atoms with Crippen LogP contribution in [0.2, 0.25) is 0 Å². The van der Waals surface area contributed by atoms with Crippen molar-refractivity contribution in [2.45, 2.75) is 12.8 Å². The van der Waals surface area contributed by atoms with Gasteiger partial charge in [0, 0.05) is 11.1 Å².